The lowest BCUT2D eigenvalue weighted by atomic mass is 9.60. The molecule has 1 aliphatic heterocycles. The van der Waals surface area contributed by atoms with Crippen LogP contribution in [0, 0.1) is 17.3 Å². The molecule has 2 unspecified atom stereocenters. The van der Waals surface area contributed by atoms with Crippen molar-refractivity contribution in [3.63, 3.8) is 0 Å². The van der Waals surface area contributed by atoms with Crippen LogP contribution in [0.2, 0.25) is 0 Å². The lowest BCUT2D eigenvalue weighted by Crippen LogP contribution is -2.38. The van der Waals surface area contributed by atoms with Gasteiger partial charge in [-0.05, 0) is 37.0 Å². The van der Waals surface area contributed by atoms with Crippen LogP contribution in [0.25, 0.3) is 0 Å². The molecule has 0 N–H and O–H groups in total. The van der Waals surface area contributed by atoms with Gasteiger partial charge in [0.2, 0.25) is 5.92 Å². The summed E-state index contributed by atoms with van der Waals surface area (Å²) in [6.07, 6.45) is 6.53. The van der Waals surface area contributed by atoms with Crippen molar-refractivity contribution in [1.82, 2.24) is 0 Å². The van der Waals surface area contributed by atoms with Gasteiger partial charge in [-0.1, -0.05) is 26.7 Å². The molecule has 3 heteroatoms. The average molecular weight is 260 g/mol. The number of unbranched alkanes of at least 4 members (excludes halogenated alkanes) is 2. The molecule has 0 aromatic heterocycles. The molecule has 2 atom stereocenters. The minimum absolute atomic E-state index is 0.0532. The van der Waals surface area contributed by atoms with Crippen molar-refractivity contribution in [1.29, 1.82) is 0 Å². The van der Waals surface area contributed by atoms with Crippen molar-refractivity contribution in [2.75, 3.05) is 13.2 Å². The molecule has 0 bridgehead atoms. The Hall–Kier alpha value is -0.180. The standard InChI is InChI=1S/C15H26F2O/c1-12(2)15(16,17)8-5-3-4-7-14-9-6-13(14)10-18-11-14/h12-13H,3-11H2,1-2H3. The van der Waals surface area contributed by atoms with Crippen molar-refractivity contribution in [3.8, 4) is 0 Å². The van der Waals surface area contributed by atoms with E-state index >= 15 is 0 Å². The first-order valence-corrected chi connectivity index (χ1v) is 7.42. The van der Waals surface area contributed by atoms with Gasteiger partial charge >= 0.3 is 0 Å². The largest absolute Gasteiger partial charge is 0.381 e. The van der Waals surface area contributed by atoms with Crippen molar-refractivity contribution in [3.05, 3.63) is 0 Å². The van der Waals surface area contributed by atoms with E-state index in [1.807, 2.05) is 0 Å². The molecule has 1 heterocycles. The molecule has 2 rings (SSSR count). The van der Waals surface area contributed by atoms with Crippen molar-refractivity contribution < 1.29 is 13.5 Å². The lowest BCUT2D eigenvalue weighted by molar-refractivity contribution is -0.0543. The van der Waals surface area contributed by atoms with Gasteiger partial charge < -0.3 is 4.74 Å². The summed E-state index contributed by atoms with van der Waals surface area (Å²) in [7, 11) is 0. The molecule has 0 amide bonds. The lowest BCUT2D eigenvalue weighted by Gasteiger charge is -2.43. The van der Waals surface area contributed by atoms with Gasteiger partial charge in [-0.3, -0.25) is 0 Å². The smallest absolute Gasteiger partial charge is 0.250 e. The number of hydrogen-bond donors (Lipinski definition) is 0. The Kier molecular flexibility index (Phi) is 4.30. The summed E-state index contributed by atoms with van der Waals surface area (Å²) >= 11 is 0. The molecule has 18 heavy (non-hydrogen) atoms. The first-order chi connectivity index (χ1) is 8.46. The molecule has 0 aromatic rings. The molecule has 2 fully saturated rings. The van der Waals surface area contributed by atoms with E-state index in [1.54, 1.807) is 13.8 Å². The van der Waals surface area contributed by atoms with Crippen molar-refractivity contribution in [2.45, 2.75) is 64.7 Å². The van der Waals surface area contributed by atoms with Crippen LogP contribution < -0.4 is 0 Å². The van der Waals surface area contributed by atoms with Crippen LogP contribution in [-0.4, -0.2) is 19.1 Å². The van der Waals surface area contributed by atoms with Crippen LogP contribution in [-0.2, 0) is 4.74 Å². The third-order valence-corrected chi connectivity index (χ3v) is 5.09. The highest BCUT2D eigenvalue weighted by Crippen LogP contribution is 2.54. The summed E-state index contributed by atoms with van der Waals surface area (Å²) in [5, 5.41) is 0. The first-order valence-electron chi connectivity index (χ1n) is 7.42. The summed E-state index contributed by atoms with van der Waals surface area (Å²) in [5.74, 6) is -2.24. The highest BCUT2D eigenvalue weighted by Gasteiger charge is 2.50. The van der Waals surface area contributed by atoms with Crippen molar-refractivity contribution in [2.24, 2.45) is 17.3 Å². The Morgan fingerprint density at radius 3 is 2.61 bits per heavy atom. The van der Waals surface area contributed by atoms with Gasteiger partial charge in [0.25, 0.3) is 0 Å². The summed E-state index contributed by atoms with van der Waals surface area (Å²) < 4.78 is 32.4. The van der Waals surface area contributed by atoms with E-state index in [1.165, 1.54) is 19.3 Å². The number of hydrogen-bond acceptors (Lipinski definition) is 1. The molecule has 2 aliphatic rings. The van der Waals surface area contributed by atoms with E-state index in [-0.39, 0.29) is 6.42 Å². The summed E-state index contributed by atoms with van der Waals surface area (Å²) in [5.41, 5.74) is 0.445. The molecule has 1 nitrogen and oxygen atoms in total. The van der Waals surface area contributed by atoms with Crippen LogP contribution in [0.5, 0.6) is 0 Å². The molecular formula is C15H26F2O. The highest BCUT2D eigenvalue weighted by atomic mass is 19.3. The maximum Gasteiger partial charge on any atom is 0.250 e. The Morgan fingerprint density at radius 2 is 2.06 bits per heavy atom. The van der Waals surface area contributed by atoms with Gasteiger partial charge in [0.1, 0.15) is 0 Å². The molecule has 1 aliphatic carbocycles. The zero-order chi connectivity index (χ0) is 13.2. The van der Waals surface area contributed by atoms with E-state index in [0.717, 1.165) is 32.0 Å². The number of halogens is 2. The minimum atomic E-state index is -2.48. The first kappa shape index (κ1) is 14.2. The Balaban J connectivity index is 1.59. The van der Waals surface area contributed by atoms with E-state index < -0.39 is 11.8 Å². The summed E-state index contributed by atoms with van der Waals surface area (Å²) in [6, 6.07) is 0. The monoisotopic (exact) mass is 260 g/mol. The fraction of sp³-hybridized carbons (Fsp3) is 1.00. The molecule has 0 spiro atoms. The molecule has 1 saturated carbocycles. The Morgan fingerprint density at radius 1 is 1.28 bits per heavy atom. The third-order valence-electron chi connectivity index (χ3n) is 5.09. The summed E-state index contributed by atoms with van der Waals surface area (Å²) in [6.45, 7) is 5.06. The van der Waals surface area contributed by atoms with Crippen LogP contribution in [0.3, 0.4) is 0 Å². The van der Waals surface area contributed by atoms with Gasteiger partial charge in [-0.15, -0.1) is 0 Å². The van der Waals surface area contributed by atoms with Crippen LogP contribution >= 0.6 is 0 Å². The Labute approximate surface area is 109 Å². The van der Waals surface area contributed by atoms with Gasteiger partial charge in [0.05, 0.1) is 13.2 Å². The van der Waals surface area contributed by atoms with Gasteiger partial charge in [-0.25, -0.2) is 8.78 Å². The topological polar surface area (TPSA) is 9.23 Å². The van der Waals surface area contributed by atoms with Gasteiger partial charge in [0, 0.05) is 12.3 Å². The fourth-order valence-electron chi connectivity index (χ4n) is 3.32. The van der Waals surface area contributed by atoms with Crippen LogP contribution in [0.15, 0.2) is 0 Å². The van der Waals surface area contributed by atoms with E-state index in [2.05, 4.69) is 0 Å². The van der Waals surface area contributed by atoms with E-state index in [0.29, 0.717) is 11.8 Å². The molecule has 1 saturated heterocycles. The number of rotatable bonds is 7. The van der Waals surface area contributed by atoms with Crippen LogP contribution in [0.1, 0.15) is 58.8 Å². The SMILES string of the molecule is CC(C)C(F)(F)CCCCCC12CCC1COC2. The van der Waals surface area contributed by atoms with Gasteiger partial charge in [0.15, 0.2) is 0 Å². The zero-order valence-electron chi connectivity index (χ0n) is 11.7. The average Bonchev–Trinajstić information content (AvgIpc) is 2.55. The summed E-state index contributed by atoms with van der Waals surface area (Å²) in [4.78, 5) is 0. The van der Waals surface area contributed by atoms with Gasteiger partial charge in [-0.2, -0.15) is 0 Å². The third kappa shape index (κ3) is 2.87. The van der Waals surface area contributed by atoms with Crippen LogP contribution in [0.4, 0.5) is 8.78 Å². The van der Waals surface area contributed by atoms with E-state index in [4.69, 9.17) is 4.74 Å². The normalized spacial score (nSPS) is 31.5. The van der Waals surface area contributed by atoms with Crippen molar-refractivity contribution >= 4 is 0 Å². The molecule has 0 radical (unpaired) electrons. The highest BCUT2D eigenvalue weighted by molar-refractivity contribution is 4.98. The maximum atomic E-state index is 13.4. The molecular weight excluding hydrogens is 234 g/mol. The number of fused-ring (bicyclic) bond motifs is 1. The second-order valence-electron chi connectivity index (χ2n) is 6.59. The Bertz CT molecular complexity index is 278. The predicted octanol–water partition coefficient (Wildman–Crippen LogP) is 4.65. The molecule has 0 aromatic carbocycles. The fourth-order valence-corrected chi connectivity index (χ4v) is 3.32. The maximum absolute atomic E-state index is 13.4. The second kappa shape index (κ2) is 5.44. The number of alkyl halides is 2. The predicted molar refractivity (Wildman–Crippen MR) is 68.8 cm³/mol. The zero-order valence-corrected chi connectivity index (χ0v) is 11.7. The number of ether oxygens (including phenoxy) is 1. The minimum Gasteiger partial charge on any atom is -0.381 e. The quantitative estimate of drug-likeness (QED) is 0.605. The second-order valence-corrected chi connectivity index (χ2v) is 6.59. The van der Waals surface area contributed by atoms with E-state index in [9.17, 15) is 8.78 Å². The molecule has 106 valence electrons.